The Morgan fingerprint density at radius 2 is 1.08 bits per heavy atom. The second-order valence-electron chi connectivity index (χ2n) is 7.22. The van der Waals surface area contributed by atoms with E-state index in [9.17, 15) is 4.79 Å². The van der Waals surface area contributed by atoms with Gasteiger partial charge in [0.2, 0.25) is 0 Å². The van der Waals surface area contributed by atoms with E-state index in [-0.39, 0.29) is 5.97 Å². The zero-order valence-corrected chi connectivity index (χ0v) is 16.3. The number of hydrogen-bond acceptors (Lipinski definition) is 2. The zero-order valence-electron chi connectivity index (χ0n) is 16.3. The van der Waals surface area contributed by atoms with E-state index in [1.807, 2.05) is 18.2 Å². The molecule has 142 valence electrons. The Kier molecular flexibility index (Phi) is 14.1. The van der Waals surface area contributed by atoms with Crippen molar-refractivity contribution in [3.05, 3.63) is 35.9 Å². The van der Waals surface area contributed by atoms with Crippen molar-refractivity contribution >= 4 is 5.97 Å². The summed E-state index contributed by atoms with van der Waals surface area (Å²) in [6.07, 6.45) is 17.4. The Morgan fingerprint density at radius 1 is 0.640 bits per heavy atom. The molecule has 0 saturated carbocycles. The smallest absolute Gasteiger partial charge is 0.305 e. The molecule has 2 rings (SSSR count). The molecule has 2 heteroatoms. The highest BCUT2D eigenvalue weighted by Crippen LogP contribution is 2.13. The number of esters is 1. The summed E-state index contributed by atoms with van der Waals surface area (Å²) in [6.45, 7) is 2.72. The van der Waals surface area contributed by atoms with Gasteiger partial charge in [-0.3, -0.25) is 4.79 Å². The summed E-state index contributed by atoms with van der Waals surface area (Å²) in [5.74, 6) is 0.0133. The molecule has 0 bridgehead atoms. The number of ether oxygens (including phenoxy) is 1. The molecule has 0 amide bonds. The van der Waals surface area contributed by atoms with Crippen LogP contribution in [0, 0.1) is 6.92 Å². The second kappa shape index (κ2) is 16.2. The lowest BCUT2D eigenvalue weighted by molar-refractivity contribution is -0.143. The van der Waals surface area contributed by atoms with Crippen molar-refractivity contribution < 1.29 is 9.53 Å². The van der Waals surface area contributed by atoms with Crippen LogP contribution in [0.4, 0.5) is 0 Å². The largest absolute Gasteiger partial charge is 0.466 e. The van der Waals surface area contributed by atoms with Gasteiger partial charge in [0.05, 0.1) is 6.61 Å². The van der Waals surface area contributed by atoms with E-state index < -0.39 is 0 Å². The van der Waals surface area contributed by atoms with Crippen LogP contribution in [0.15, 0.2) is 30.3 Å². The molecule has 2 nitrogen and oxygen atoms in total. The Morgan fingerprint density at radius 3 is 1.52 bits per heavy atom. The van der Waals surface area contributed by atoms with Gasteiger partial charge in [0.15, 0.2) is 0 Å². The molecule has 0 N–H and O–H groups in total. The standard InChI is InChI=1S/C16H30O2.C7H8/c17-16-14-12-10-8-6-4-2-1-3-5-7-9-11-13-15-18-16;1-7-5-3-2-4-6-7/h1-15H2;2-6H,1H3. The van der Waals surface area contributed by atoms with E-state index in [4.69, 9.17) is 4.74 Å². The molecule has 25 heavy (non-hydrogen) atoms. The van der Waals surface area contributed by atoms with Crippen LogP contribution in [0.25, 0.3) is 0 Å². The average molecular weight is 347 g/mol. The first-order valence-corrected chi connectivity index (χ1v) is 10.5. The minimum Gasteiger partial charge on any atom is -0.466 e. The highest BCUT2D eigenvalue weighted by Gasteiger charge is 2.02. The third-order valence-electron chi connectivity index (χ3n) is 4.73. The molecule has 0 atom stereocenters. The SMILES string of the molecule is Cc1ccccc1.O=C1CCCCCCCCCCCCCCCO1. The molecule has 1 fully saturated rings. The molecule has 0 unspecified atom stereocenters. The van der Waals surface area contributed by atoms with Crippen LogP contribution in [0.3, 0.4) is 0 Å². The van der Waals surface area contributed by atoms with Crippen molar-refractivity contribution in [2.45, 2.75) is 96.8 Å². The summed E-state index contributed by atoms with van der Waals surface area (Å²) in [7, 11) is 0. The fourth-order valence-corrected chi connectivity index (χ4v) is 3.11. The van der Waals surface area contributed by atoms with Gasteiger partial charge in [0, 0.05) is 6.42 Å². The quantitative estimate of drug-likeness (QED) is 0.473. The lowest BCUT2D eigenvalue weighted by Crippen LogP contribution is -2.05. The number of rotatable bonds is 0. The third-order valence-corrected chi connectivity index (χ3v) is 4.73. The maximum absolute atomic E-state index is 11.4. The molecule has 0 aliphatic carbocycles. The number of cyclic esters (lactones) is 1. The van der Waals surface area contributed by atoms with E-state index in [0.717, 1.165) is 12.8 Å². The lowest BCUT2D eigenvalue weighted by atomic mass is 10.0. The van der Waals surface area contributed by atoms with Gasteiger partial charge in [-0.05, 0) is 19.8 Å². The minimum absolute atomic E-state index is 0.0133. The molecular formula is C23H38O2. The second-order valence-corrected chi connectivity index (χ2v) is 7.22. The lowest BCUT2D eigenvalue weighted by Gasteiger charge is -2.04. The van der Waals surface area contributed by atoms with Gasteiger partial charge in [0.1, 0.15) is 0 Å². The number of aryl methyl sites for hydroxylation is 1. The molecule has 1 aromatic rings. The van der Waals surface area contributed by atoms with Crippen molar-refractivity contribution in [1.29, 1.82) is 0 Å². The van der Waals surface area contributed by atoms with Crippen molar-refractivity contribution in [1.82, 2.24) is 0 Å². The molecule has 1 saturated heterocycles. The molecule has 1 aliphatic rings. The maximum atomic E-state index is 11.4. The van der Waals surface area contributed by atoms with Crippen LogP contribution in [-0.4, -0.2) is 12.6 Å². The Bertz CT molecular complexity index is 393. The molecule has 1 aliphatic heterocycles. The van der Waals surface area contributed by atoms with Crippen molar-refractivity contribution in [2.24, 2.45) is 0 Å². The van der Waals surface area contributed by atoms with E-state index in [0.29, 0.717) is 13.0 Å². The molecule has 0 radical (unpaired) electrons. The predicted octanol–water partition coefficient (Wildman–Crippen LogP) is 7.00. The summed E-state index contributed by atoms with van der Waals surface area (Å²) in [5, 5.41) is 0. The van der Waals surface area contributed by atoms with Crippen molar-refractivity contribution in [2.75, 3.05) is 6.61 Å². The summed E-state index contributed by atoms with van der Waals surface area (Å²) in [6, 6.07) is 10.3. The average Bonchev–Trinajstić information content (AvgIpc) is 2.62. The minimum atomic E-state index is 0.0133. The van der Waals surface area contributed by atoms with E-state index in [1.165, 1.54) is 76.2 Å². The van der Waals surface area contributed by atoms with Crippen LogP contribution in [0.5, 0.6) is 0 Å². The predicted molar refractivity (Wildman–Crippen MR) is 107 cm³/mol. The molecular weight excluding hydrogens is 308 g/mol. The van der Waals surface area contributed by atoms with Crippen LogP contribution in [-0.2, 0) is 9.53 Å². The highest BCUT2D eigenvalue weighted by atomic mass is 16.5. The Balaban J connectivity index is 0.000000370. The summed E-state index contributed by atoms with van der Waals surface area (Å²) >= 11 is 0. The van der Waals surface area contributed by atoms with Crippen LogP contribution >= 0.6 is 0 Å². The molecule has 1 aromatic carbocycles. The molecule has 0 spiro atoms. The number of benzene rings is 1. The van der Waals surface area contributed by atoms with Crippen LogP contribution < -0.4 is 0 Å². The molecule has 1 heterocycles. The number of hydrogen-bond donors (Lipinski definition) is 0. The topological polar surface area (TPSA) is 26.3 Å². The summed E-state index contributed by atoms with van der Waals surface area (Å²) in [5.41, 5.74) is 1.32. The monoisotopic (exact) mass is 346 g/mol. The zero-order chi connectivity index (χ0) is 18.0. The van der Waals surface area contributed by atoms with E-state index >= 15 is 0 Å². The summed E-state index contributed by atoms with van der Waals surface area (Å²) < 4.78 is 5.23. The first-order valence-electron chi connectivity index (χ1n) is 10.5. The van der Waals surface area contributed by atoms with Crippen LogP contribution in [0.1, 0.15) is 95.5 Å². The summed E-state index contributed by atoms with van der Waals surface area (Å²) in [4.78, 5) is 11.4. The van der Waals surface area contributed by atoms with E-state index in [2.05, 4.69) is 19.1 Å². The first kappa shape index (κ1) is 21.7. The van der Waals surface area contributed by atoms with Gasteiger partial charge >= 0.3 is 5.97 Å². The van der Waals surface area contributed by atoms with Gasteiger partial charge in [-0.2, -0.15) is 0 Å². The van der Waals surface area contributed by atoms with Crippen molar-refractivity contribution in [3.8, 4) is 0 Å². The van der Waals surface area contributed by atoms with Gasteiger partial charge in [-0.1, -0.05) is 107 Å². The number of carbonyl (C=O) groups excluding carboxylic acids is 1. The third kappa shape index (κ3) is 14.7. The van der Waals surface area contributed by atoms with Gasteiger partial charge in [0.25, 0.3) is 0 Å². The van der Waals surface area contributed by atoms with Gasteiger partial charge in [-0.25, -0.2) is 0 Å². The van der Waals surface area contributed by atoms with E-state index in [1.54, 1.807) is 0 Å². The van der Waals surface area contributed by atoms with Crippen molar-refractivity contribution in [3.63, 3.8) is 0 Å². The first-order chi connectivity index (χ1) is 12.3. The fraction of sp³-hybridized carbons (Fsp3) is 0.696. The number of carbonyl (C=O) groups is 1. The molecule has 0 aromatic heterocycles. The normalized spacial score (nSPS) is 19.0. The Labute approximate surface area is 155 Å². The van der Waals surface area contributed by atoms with Gasteiger partial charge < -0.3 is 4.74 Å². The fourth-order valence-electron chi connectivity index (χ4n) is 3.11. The maximum Gasteiger partial charge on any atom is 0.305 e. The van der Waals surface area contributed by atoms with Crippen LogP contribution in [0.2, 0.25) is 0 Å². The Hall–Kier alpha value is -1.31. The van der Waals surface area contributed by atoms with Gasteiger partial charge in [-0.15, -0.1) is 0 Å². The highest BCUT2D eigenvalue weighted by molar-refractivity contribution is 5.69.